The Hall–Kier alpha value is -2.21. The molecule has 222 valence electrons. The van der Waals surface area contributed by atoms with Crippen molar-refractivity contribution in [3.05, 3.63) is 0 Å². The van der Waals surface area contributed by atoms with Gasteiger partial charge in [-0.25, -0.2) is 4.79 Å². The summed E-state index contributed by atoms with van der Waals surface area (Å²) in [5.41, 5.74) is 0. The van der Waals surface area contributed by atoms with E-state index in [-0.39, 0.29) is 6.61 Å². The molecule has 0 radical (unpaired) electrons. The van der Waals surface area contributed by atoms with E-state index in [1.54, 1.807) is 0 Å². The van der Waals surface area contributed by atoms with Crippen molar-refractivity contribution in [2.75, 3.05) is 6.61 Å². The Balaban J connectivity index is 4.02. The van der Waals surface area contributed by atoms with E-state index < -0.39 is 58.1 Å². The summed E-state index contributed by atoms with van der Waals surface area (Å²) in [5.74, 6) is -5.69. The summed E-state index contributed by atoms with van der Waals surface area (Å²) >= 11 is 0. The minimum Gasteiger partial charge on any atom is -0.481 e. The van der Waals surface area contributed by atoms with Gasteiger partial charge in [0.25, 0.3) is 10.1 Å². The van der Waals surface area contributed by atoms with Gasteiger partial charge in [-0.1, -0.05) is 103 Å². The number of aliphatic carboxylic acids is 2. The topological polar surface area (TPSA) is 184 Å². The van der Waals surface area contributed by atoms with Gasteiger partial charge in [0, 0.05) is 0 Å². The average molecular weight is 566 g/mol. The van der Waals surface area contributed by atoms with Gasteiger partial charge in [-0.15, -0.1) is 0 Å². The first-order valence-corrected chi connectivity index (χ1v) is 15.4. The number of nitrogens with one attached hydrogen (secondary N) is 1. The molecule has 12 heteroatoms. The lowest BCUT2D eigenvalue weighted by Gasteiger charge is -2.16. The zero-order chi connectivity index (χ0) is 28.8. The Bertz CT molecular complexity index is 800. The van der Waals surface area contributed by atoms with E-state index in [4.69, 9.17) is 14.9 Å². The third-order valence-corrected chi connectivity index (χ3v) is 7.33. The maximum Gasteiger partial charge on any atom is 0.327 e. The van der Waals surface area contributed by atoms with Crippen LogP contribution in [-0.2, 0) is 34.0 Å². The summed E-state index contributed by atoms with van der Waals surface area (Å²) in [5, 5.41) is 17.2. The van der Waals surface area contributed by atoms with E-state index in [0.29, 0.717) is 6.42 Å². The van der Waals surface area contributed by atoms with Gasteiger partial charge < -0.3 is 20.3 Å². The summed E-state index contributed by atoms with van der Waals surface area (Å²) in [4.78, 5) is 45.8. The quantitative estimate of drug-likeness (QED) is 0.0699. The van der Waals surface area contributed by atoms with Crippen LogP contribution in [0.2, 0.25) is 0 Å². The number of carboxylic acids is 2. The summed E-state index contributed by atoms with van der Waals surface area (Å²) in [6.45, 7) is 2.15. The number of esters is 1. The molecule has 1 amide bonds. The van der Waals surface area contributed by atoms with E-state index in [1.807, 2.05) is 5.32 Å². The van der Waals surface area contributed by atoms with Crippen molar-refractivity contribution in [3.63, 3.8) is 0 Å². The zero-order valence-electron chi connectivity index (χ0n) is 22.7. The fraction of sp³-hybridized carbons (Fsp3) is 0.846. The number of unbranched alkanes of at least 4 members (excludes halogenated alkanes) is 15. The van der Waals surface area contributed by atoms with Crippen molar-refractivity contribution in [2.24, 2.45) is 0 Å². The Morgan fingerprint density at radius 2 is 1.13 bits per heavy atom. The first kappa shape index (κ1) is 35.8. The van der Waals surface area contributed by atoms with E-state index in [0.717, 1.165) is 25.7 Å². The molecule has 0 aromatic heterocycles. The highest BCUT2D eigenvalue weighted by molar-refractivity contribution is 7.87. The molecule has 0 rings (SSSR count). The molecule has 38 heavy (non-hydrogen) atoms. The minimum atomic E-state index is -5.01. The SMILES string of the molecule is CCCCCCCCCCCCCCCCCCOC(=O)C(CC(=O)NC(CC(=O)O)C(=O)O)S(=O)(=O)O. The Labute approximate surface area is 226 Å². The van der Waals surface area contributed by atoms with Crippen LogP contribution in [0.3, 0.4) is 0 Å². The molecule has 2 unspecified atom stereocenters. The lowest BCUT2D eigenvalue weighted by molar-refractivity contribution is -0.148. The fourth-order valence-electron chi connectivity index (χ4n) is 4.02. The molecule has 2 atom stereocenters. The minimum absolute atomic E-state index is 0.0817. The van der Waals surface area contributed by atoms with E-state index >= 15 is 0 Å². The fourth-order valence-corrected chi connectivity index (χ4v) is 4.70. The largest absolute Gasteiger partial charge is 0.481 e. The second-order valence-corrected chi connectivity index (χ2v) is 11.3. The number of rotatable bonds is 25. The summed E-state index contributed by atoms with van der Waals surface area (Å²) in [7, 11) is -5.01. The number of carboxylic acid groups (broad SMARTS) is 2. The second kappa shape index (κ2) is 21.7. The van der Waals surface area contributed by atoms with Crippen LogP contribution in [0.5, 0.6) is 0 Å². The molecule has 0 aliphatic rings. The molecule has 0 bridgehead atoms. The normalized spacial score (nSPS) is 13.0. The molecule has 0 aromatic rings. The van der Waals surface area contributed by atoms with Crippen molar-refractivity contribution < 1.29 is 47.1 Å². The van der Waals surface area contributed by atoms with Gasteiger partial charge in [-0.3, -0.25) is 18.9 Å². The number of amides is 1. The highest BCUT2D eigenvalue weighted by Crippen LogP contribution is 2.14. The van der Waals surface area contributed by atoms with Crippen molar-refractivity contribution >= 4 is 33.9 Å². The monoisotopic (exact) mass is 565 g/mol. The van der Waals surface area contributed by atoms with Gasteiger partial charge in [0.05, 0.1) is 19.4 Å². The van der Waals surface area contributed by atoms with Crippen molar-refractivity contribution in [1.29, 1.82) is 0 Å². The highest BCUT2D eigenvalue weighted by Gasteiger charge is 2.36. The van der Waals surface area contributed by atoms with Gasteiger partial charge in [-0.05, 0) is 6.42 Å². The van der Waals surface area contributed by atoms with Gasteiger partial charge in [-0.2, -0.15) is 8.42 Å². The molecule has 11 nitrogen and oxygen atoms in total. The van der Waals surface area contributed by atoms with Crippen LogP contribution >= 0.6 is 0 Å². The van der Waals surface area contributed by atoms with Gasteiger partial charge >= 0.3 is 17.9 Å². The van der Waals surface area contributed by atoms with Crippen LogP contribution in [-0.4, -0.2) is 64.9 Å². The standard InChI is InChI=1S/C26H47NO10S/c1-2-3-4-5-6-7-8-9-10-11-12-13-14-15-16-17-18-37-26(33)22(38(34,35)36)20-23(28)27-21(25(31)32)19-24(29)30/h21-22H,2-20H2,1H3,(H,27,28)(H,29,30)(H,31,32)(H,34,35,36). The molecule has 0 aliphatic heterocycles. The third kappa shape index (κ3) is 19.8. The van der Waals surface area contributed by atoms with E-state index in [9.17, 15) is 32.1 Å². The van der Waals surface area contributed by atoms with E-state index in [2.05, 4.69) is 6.92 Å². The van der Waals surface area contributed by atoms with Crippen molar-refractivity contribution in [2.45, 2.75) is 134 Å². The molecule has 0 saturated carbocycles. The predicted octanol–water partition coefficient (Wildman–Crippen LogP) is 4.48. The summed E-state index contributed by atoms with van der Waals surface area (Å²) in [6, 6.07) is -1.82. The molecular weight excluding hydrogens is 518 g/mol. The van der Waals surface area contributed by atoms with Gasteiger partial charge in [0.2, 0.25) is 5.91 Å². The molecular formula is C26H47NO10S. The van der Waals surface area contributed by atoms with Crippen LogP contribution < -0.4 is 5.32 Å². The molecule has 0 aromatic carbocycles. The first-order valence-electron chi connectivity index (χ1n) is 13.9. The predicted molar refractivity (Wildman–Crippen MR) is 142 cm³/mol. The molecule has 0 heterocycles. The number of hydrogen-bond donors (Lipinski definition) is 4. The van der Waals surface area contributed by atoms with Gasteiger partial charge in [0.15, 0.2) is 5.25 Å². The number of hydrogen-bond acceptors (Lipinski definition) is 7. The van der Waals surface area contributed by atoms with Crippen LogP contribution in [0.25, 0.3) is 0 Å². The van der Waals surface area contributed by atoms with Crippen LogP contribution in [0.15, 0.2) is 0 Å². The van der Waals surface area contributed by atoms with Crippen molar-refractivity contribution in [3.8, 4) is 0 Å². The lowest BCUT2D eigenvalue weighted by Crippen LogP contribution is -2.45. The molecule has 0 aliphatic carbocycles. The molecule has 0 spiro atoms. The average Bonchev–Trinajstić information content (AvgIpc) is 2.82. The Kier molecular flexibility index (Phi) is 20.4. The van der Waals surface area contributed by atoms with E-state index in [1.165, 1.54) is 70.6 Å². The summed E-state index contributed by atoms with van der Waals surface area (Å²) < 4.78 is 37.3. The molecule has 0 saturated heterocycles. The maximum absolute atomic E-state index is 12.1. The number of ether oxygens (including phenoxy) is 1. The highest BCUT2D eigenvalue weighted by atomic mass is 32.2. The Morgan fingerprint density at radius 1 is 0.711 bits per heavy atom. The van der Waals surface area contributed by atoms with Crippen LogP contribution in [0.4, 0.5) is 0 Å². The molecule has 4 N–H and O–H groups in total. The summed E-state index contributed by atoms with van der Waals surface area (Å²) in [6.07, 6.45) is 16.7. The lowest BCUT2D eigenvalue weighted by atomic mass is 10.0. The smallest absolute Gasteiger partial charge is 0.327 e. The second-order valence-electron chi connectivity index (χ2n) is 9.73. The molecule has 0 fully saturated rings. The first-order chi connectivity index (χ1) is 18.0. The van der Waals surface area contributed by atoms with Crippen LogP contribution in [0, 0.1) is 0 Å². The van der Waals surface area contributed by atoms with Crippen LogP contribution in [0.1, 0.15) is 122 Å². The van der Waals surface area contributed by atoms with Crippen molar-refractivity contribution in [1.82, 2.24) is 5.32 Å². The number of carbonyl (C=O) groups excluding carboxylic acids is 2. The zero-order valence-corrected chi connectivity index (χ0v) is 23.5. The third-order valence-electron chi connectivity index (χ3n) is 6.25. The Morgan fingerprint density at radius 3 is 1.50 bits per heavy atom. The maximum atomic E-state index is 12.1. The van der Waals surface area contributed by atoms with Gasteiger partial charge in [0.1, 0.15) is 6.04 Å². The number of carbonyl (C=O) groups is 4.